The van der Waals surface area contributed by atoms with Crippen LogP contribution in [0.1, 0.15) is 50.3 Å². The van der Waals surface area contributed by atoms with E-state index in [4.69, 9.17) is 14.5 Å². The van der Waals surface area contributed by atoms with Crippen LogP contribution >= 0.6 is 15.0 Å². The van der Waals surface area contributed by atoms with Gasteiger partial charge in [-0.05, 0) is 57.2 Å². The van der Waals surface area contributed by atoms with Crippen LogP contribution in [0.15, 0.2) is 35.4 Å². The summed E-state index contributed by atoms with van der Waals surface area (Å²) in [5, 5.41) is 0. The van der Waals surface area contributed by atoms with Crippen molar-refractivity contribution >= 4 is 21.0 Å². The molecule has 0 fully saturated rings. The van der Waals surface area contributed by atoms with E-state index in [1.54, 1.807) is 0 Å². The fraction of sp³-hybridized carbons (Fsp3) is 0.474. The van der Waals surface area contributed by atoms with Crippen LogP contribution in [0, 0.1) is 6.92 Å². The number of allylic oxidation sites excluding steroid dienone is 3. The van der Waals surface area contributed by atoms with Gasteiger partial charge < -0.3 is 19.4 Å². The summed E-state index contributed by atoms with van der Waals surface area (Å²) >= 11 is 0. The molecule has 1 rings (SSSR count). The van der Waals surface area contributed by atoms with Gasteiger partial charge in [0.2, 0.25) is 7.37 Å². The van der Waals surface area contributed by atoms with E-state index in [9.17, 15) is 14.0 Å². The van der Waals surface area contributed by atoms with E-state index >= 15 is 0 Å². The zero-order valence-electron chi connectivity index (χ0n) is 16.4. The molecule has 6 nitrogen and oxygen atoms in total. The van der Waals surface area contributed by atoms with Gasteiger partial charge in [-0.2, -0.15) is 0 Å². The Morgan fingerprint density at radius 1 is 1.15 bits per heavy atom. The molecule has 0 aliphatic heterocycles. The molecule has 3 N–H and O–H groups in total. The Morgan fingerprint density at radius 2 is 1.81 bits per heavy atom. The molecule has 8 heteroatoms. The molecule has 1 atom stereocenters. The van der Waals surface area contributed by atoms with Gasteiger partial charge in [0.1, 0.15) is 12.3 Å². The predicted octanol–water partition coefficient (Wildman–Crippen LogP) is 5.02. The van der Waals surface area contributed by atoms with Gasteiger partial charge in [0.25, 0.3) is 0 Å². The lowest BCUT2D eigenvalue weighted by atomic mass is 10.0. The summed E-state index contributed by atoms with van der Waals surface area (Å²) in [6.45, 7) is 8.32. The normalized spacial score (nSPS) is 14.7. The Labute approximate surface area is 161 Å². The first-order valence-electron chi connectivity index (χ1n) is 8.71. The minimum Gasteiger partial charge on any atom is -0.367 e. The molecular weight excluding hydrogens is 386 g/mol. The van der Waals surface area contributed by atoms with Crippen molar-refractivity contribution < 1.29 is 28.5 Å². The van der Waals surface area contributed by atoms with E-state index in [2.05, 4.69) is 32.9 Å². The molecule has 27 heavy (non-hydrogen) atoms. The summed E-state index contributed by atoms with van der Waals surface area (Å²) in [6, 6.07) is 5.89. The van der Waals surface area contributed by atoms with Gasteiger partial charge in [0, 0.05) is 0 Å². The minimum atomic E-state index is -4.55. The zero-order valence-corrected chi connectivity index (χ0v) is 18.2. The molecule has 0 saturated heterocycles. The van der Waals surface area contributed by atoms with Crippen LogP contribution in [-0.4, -0.2) is 26.9 Å². The standard InChI is InChI=1S/C19H30O6P2/c1-15(2)6-5-7-16(3)10-18-8-9-19(17(4)11-18)12-25-13-26(20,21)14-27(22,23)24/h6,8-11H,5,7,12-14H2,1-4H3,(H,20,21)(H2,22,23,24)/b16-10+. The van der Waals surface area contributed by atoms with Crippen molar-refractivity contribution in [3.8, 4) is 0 Å². The molecule has 0 aliphatic rings. The van der Waals surface area contributed by atoms with Crippen molar-refractivity contribution in [3.63, 3.8) is 0 Å². The minimum absolute atomic E-state index is 0.112. The molecule has 0 heterocycles. The van der Waals surface area contributed by atoms with E-state index in [0.29, 0.717) is 0 Å². The SMILES string of the molecule is CC(C)=CCC/C(C)=C/c1ccc(COCP(=O)(O)CP(=O)(O)O)c(C)c1. The fourth-order valence-electron chi connectivity index (χ4n) is 2.54. The molecule has 0 spiro atoms. The first-order valence-corrected chi connectivity index (χ1v) is 12.5. The molecule has 0 bridgehead atoms. The summed E-state index contributed by atoms with van der Waals surface area (Å²) in [5.74, 6) is -1.06. The van der Waals surface area contributed by atoms with Gasteiger partial charge in [-0.15, -0.1) is 0 Å². The Bertz CT molecular complexity index is 787. The topological polar surface area (TPSA) is 104 Å². The van der Waals surface area contributed by atoms with Crippen LogP contribution in [0.4, 0.5) is 0 Å². The lowest BCUT2D eigenvalue weighted by Gasteiger charge is -2.14. The second-order valence-corrected chi connectivity index (χ2v) is 11.5. The maximum Gasteiger partial charge on any atom is 0.335 e. The molecule has 0 radical (unpaired) electrons. The van der Waals surface area contributed by atoms with Gasteiger partial charge >= 0.3 is 7.60 Å². The second kappa shape index (κ2) is 10.5. The van der Waals surface area contributed by atoms with E-state index in [-0.39, 0.29) is 6.61 Å². The van der Waals surface area contributed by atoms with Crippen LogP contribution in [0.3, 0.4) is 0 Å². The van der Waals surface area contributed by atoms with Gasteiger partial charge in [-0.1, -0.05) is 41.5 Å². The monoisotopic (exact) mass is 416 g/mol. The Balaban J connectivity index is 2.64. The highest BCUT2D eigenvalue weighted by atomic mass is 31.2. The molecule has 152 valence electrons. The third-order valence-electron chi connectivity index (χ3n) is 3.83. The highest BCUT2D eigenvalue weighted by molar-refractivity contribution is 7.72. The molecular formula is C19H30O6P2. The number of ether oxygens (including phenoxy) is 1. The average Bonchev–Trinajstić information content (AvgIpc) is 2.46. The summed E-state index contributed by atoms with van der Waals surface area (Å²) in [5.41, 5.74) is 5.54. The number of hydrogen-bond donors (Lipinski definition) is 3. The first kappa shape index (κ1) is 24.0. The van der Waals surface area contributed by atoms with Gasteiger partial charge in [-0.25, -0.2) is 0 Å². The Morgan fingerprint density at radius 3 is 2.37 bits per heavy atom. The predicted molar refractivity (Wildman–Crippen MR) is 110 cm³/mol. The lowest BCUT2D eigenvalue weighted by Crippen LogP contribution is -2.02. The van der Waals surface area contributed by atoms with Gasteiger partial charge in [0.05, 0.1) is 6.61 Å². The fourth-order valence-corrected chi connectivity index (χ4v) is 5.55. The van der Waals surface area contributed by atoms with Crippen LogP contribution in [0.5, 0.6) is 0 Å². The van der Waals surface area contributed by atoms with E-state index in [1.807, 2.05) is 25.1 Å². The summed E-state index contributed by atoms with van der Waals surface area (Å²) in [7, 11) is -8.56. The van der Waals surface area contributed by atoms with Crippen molar-refractivity contribution in [2.75, 3.05) is 12.3 Å². The van der Waals surface area contributed by atoms with Crippen molar-refractivity contribution in [3.05, 3.63) is 52.1 Å². The molecule has 0 saturated carbocycles. The molecule has 1 aromatic rings. The van der Waals surface area contributed by atoms with Gasteiger partial charge in [0.15, 0.2) is 0 Å². The van der Waals surface area contributed by atoms with E-state index < -0.39 is 27.2 Å². The maximum atomic E-state index is 11.7. The number of rotatable bonds is 10. The molecule has 1 unspecified atom stereocenters. The zero-order chi connectivity index (χ0) is 20.7. The molecule has 1 aromatic carbocycles. The summed E-state index contributed by atoms with van der Waals surface area (Å²) in [4.78, 5) is 27.2. The highest BCUT2D eigenvalue weighted by Gasteiger charge is 2.29. The average molecular weight is 416 g/mol. The van der Waals surface area contributed by atoms with Crippen molar-refractivity contribution in [2.24, 2.45) is 0 Å². The molecule has 0 aliphatic carbocycles. The van der Waals surface area contributed by atoms with Crippen molar-refractivity contribution in [1.29, 1.82) is 0 Å². The quantitative estimate of drug-likeness (QED) is 0.365. The first-order chi connectivity index (χ1) is 12.4. The van der Waals surface area contributed by atoms with Crippen LogP contribution in [0.2, 0.25) is 0 Å². The van der Waals surface area contributed by atoms with Crippen LogP contribution in [-0.2, 0) is 20.5 Å². The third-order valence-corrected chi connectivity index (χ3v) is 7.65. The molecule has 0 amide bonds. The number of hydrogen-bond acceptors (Lipinski definition) is 3. The summed E-state index contributed by atoms with van der Waals surface area (Å²) < 4.78 is 27.8. The maximum absolute atomic E-state index is 11.7. The number of aryl methyl sites for hydroxylation is 1. The van der Waals surface area contributed by atoms with Crippen LogP contribution < -0.4 is 0 Å². The second-order valence-electron chi connectivity index (χ2n) is 7.13. The Hall–Kier alpha value is -1.00. The molecule has 0 aromatic heterocycles. The largest absolute Gasteiger partial charge is 0.367 e. The van der Waals surface area contributed by atoms with Crippen molar-refractivity contribution in [1.82, 2.24) is 0 Å². The number of benzene rings is 1. The highest BCUT2D eigenvalue weighted by Crippen LogP contribution is 2.54. The van der Waals surface area contributed by atoms with E-state index in [0.717, 1.165) is 29.5 Å². The summed E-state index contributed by atoms with van der Waals surface area (Å²) in [6.07, 6.45) is 5.79. The smallest absolute Gasteiger partial charge is 0.335 e. The van der Waals surface area contributed by atoms with Crippen LogP contribution in [0.25, 0.3) is 6.08 Å². The van der Waals surface area contributed by atoms with Crippen molar-refractivity contribution in [2.45, 2.75) is 47.1 Å². The van der Waals surface area contributed by atoms with Gasteiger partial charge in [-0.3, -0.25) is 9.13 Å². The van der Waals surface area contributed by atoms with E-state index in [1.165, 1.54) is 11.1 Å². The lowest BCUT2D eigenvalue weighted by molar-refractivity contribution is 0.155. The third kappa shape index (κ3) is 10.8. The Kier molecular flexibility index (Phi) is 9.36.